The summed E-state index contributed by atoms with van der Waals surface area (Å²) in [5.74, 6) is 1.39. The Kier molecular flexibility index (Phi) is 3.93. The largest absolute Gasteiger partial charge is 0.324 e. The molecule has 1 aliphatic rings. The molecular weight excluding hydrogens is 282 g/mol. The highest BCUT2D eigenvalue weighted by atomic mass is 15.1. The van der Waals surface area contributed by atoms with Gasteiger partial charge in [0.2, 0.25) is 5.95 Å². The number of rotatable bonds is 3. The summed E-state index contributed by atoms with van der Waals surface area (Å²) in [6.45, 7) is 0. The molecule has 1 N–H and O–H groups in total. The Morgan fingerprint density at radius 2 is 1.65 bits per heavy atom. The third-order valence-electron chi connectivity index (χ3n) is 4.73. The van der Waals surface area contributed by atoms with Crippen LogP contribution >= 0.6 is 0 Å². The molecule has 1 aromatic heterocycles. The topological polar surface area (TPSA) is 37.8 Å². The summed E-state index contributed by atoms with van der Waals surface area (Å²) in [5, 5.41) is 4.36. The predicted molar refractivity (Wildman–Crippen MR) is 95.1 cm³/mol. The lowest BCUT2D eigenvalue weighted by molar-refractivity contribution is 0.443. The Labute approximate surface area is 136 Å². The molecule has 3 nitrogen and oxygen atoms in total. The quantitative estimate of drug-likeness (QED) is 0.702. The van der Waals surface area contributed by atoms with Crippen LogP contribution in [0, 0.1) is 0 Å². The van der Waals surface area contributed by atoms with Crippen LogP contribution in [0.2, 0.25) is 0 Å². The van der Waals surface area contributed by atoms with Crippen molar-refractivity contribution in [3.05, 3.63) is 60.3 Å². The van der Waals surface area contributed by atoms with Gasteiger partial charge in [0, 0.05) is 17.3 Å². The number of anilines is 2. The van der Waals surface area contributed by atoms with Crippen molar-refractivity contribution < 1.29 is 0 Å². The van der Waals surface area contributed by atoms with Gasteiger partial charge in [-0.2, -0.15) is 0 Å². The molecule has 1 fully saturated rings. The van der Waals surface area contributed by atoms with Crippen LogP contribution in [0.5, 0.6) is 0 Å². The standard InChI is InChI=1S/C20H21N3/c1-2-6-15(7-3-1)16-10-12-18(13-11-16)22-20-21-14-17-8-4-5-9-19(17)23-20/h4-5,8-15H,1-3,6-7H2,(H,21,22,23). The van der Waals surface area contributed by atoms with Gasteiger partial charge in [-0.3, -0.25) is 0 Å². The first-order chi connectivity index (χ1) is 11.4. The van der Waals surface area contributed by atoms with Crippen molar-refractivity contribution in [3.8, 4) is 0 Å². The summed E-state index contributed by atoms with van der Waals surface area (Å²) in [5.41, 5.74) is 3.47. The first kappa shape index (κ1) is 14.2. The number of nitrogens with one attached hydrogen (secondary N) is 1. The summed E-state index contributed by atoms with van der Waals surface area (Å²) in [4.78, 5) is 8.95. The van der Waals surface area contributed by atoms with Crippen LogP contribution in [-0.4, -0.2) is 9.97 Å². The highest BCUT2D eigenvalue weighted by molar-refractivity contribution is 5.78. The molecule has 0 spiro atoms. The molecule has 0 radical (unpaired) electrons. The molecule has 0 amide bonds. The second kappa shape index (κ2) is 6.37. The molecule has 0 unspecified atom stereocenters. The fraction of sp³-hybridized carbons (Fsp3) is 0.300. The van der Waals surface area contributed by atoms with Crippen molar-refractivity contribution in [3.63, 3.8) is 0 Å². The number of benzene rings is 2. The van der Waals surface area contributed by atoms with Crippen molar-refractivity contribution in [1.82, 2.24) is 9.97 Å². The highest BCUT2D eigenvalue weighted by Gasteiger charge is 2.15. The van der Waals surface area contributed by atoms with Gasteiger partial charge < -0.3 is 5.32 Å². The van der Waals surface area contributed by atoms with Crippen LogP contribution in [0.3, 0.4) is 0 Å². The third kappa shape index (κ3) is 3.19. The number of hydrogen-bond acceptors (Lipinski definition) is 3. The molecule has 2 aromatic carbocycles. The monoisotopic (exact) mass is 303 g/mol. The number of fused-ring (bicyclic) bond motifs is 1. The average Bonchev–Trinajstić information content (AvgIpc) is 2.63. The van der Waals surface area contributed by atoms with E-state index >= 15 is 0 Å². The van der Waals surface area contributed by atoms with Crippen LogP contribution in [-0.2, 0) is 0 Å². The second-order valence-electron chi connectivity index (χ2n) is 6.33. The van der Waals surface area contributed by atoms with Crippen LogP contribution in [0.4, 0.5) is 11.6 Å². The third-order valence-corrected chi connectivity index (χ3v) is 4.73. The number of aromatic nitrogens is 2. The number of nitrogens with zero attached hydrogens (tertiary/aromatic N) is 2. The molecule has 3 aromatic rings. The Morgan fingerprint density at radius 1 is 0.870 bits per heavy atom. The van der Waals surface area contributed by atoms with E-state index in [-0.39, 0.29) is 0 Å². The summed E-state index contributed by atoms with van der Waals surface area (Å²) < 4.78 is 0. The van der Waals surface area contributed by atoms with Crippen molar-refractivity contribution >= 4 is 22.5 Å². The van der Waals surface area contributed by atoms with Crippen LogP contribution in [0.25, 0.3) is 10.9 Å². The van der Waals surface area contributed by atoms with E-state index in [0.717, 1.165) is 22.5 Å². The first-order valence-electron chi connectivity index (χ1n) is 8.47. The molecule has 0 atom stereocenters. The lowest BCUT2D eigenvalue weighted by Crippen LogP contribution is -2.04. The van der Waals surface area contributed by atoms with Crippen molar-refractivity contribution in [1.29, 1.82) is 0 Å². The van der Waals surface area contributed by atoms with Gasteiger partial charge in [0.25, 0.3) is 0 Å². The molecule has 0 saturated heterocycles. The zero-order valence-corrected chi connectivity index (χ0v) is 13.2. The predicted octanol–water partition coefficient (Wildman–Crippen LogP) is 5.42. The molecular formula is C20H21N3. The number of hydrogen-bond donors (Lipinski definition) is 1. The summed E-state index contributed by atoms with van der Waals surface area (Å²) in [7, 11) is 0. The van der Waals surface area contributed by atoms with Gasteiger partial charge in [0.15, 0.2) is 0 Å². The minimum absolute atomic E-state index is 0.647. The van der Waals surface area contributed by atoms with Crippen molar-refractivity contribution in [2.24, 2.45) is 0 Å². The summed E-state index contributed by atoms with van der Waals surface area (Å²) >= 11 is 0. The van der Waals surface area contributed by atoms with Gasteiger partial charge in [-0.25, -0.2) is 9.97 Å². The minimum atomic E-state index is 0.647. The molecule has 0 aliphatic heterocycles. The lowest BCUT2D eigenvalue weighted by Gasteiger charge is -2.22. The Balaban J connectivity index is 1.51. The van der Waals surface area contributed by atoms with Gasteiger partial charge in [-0.05, 0) is 42.5 Å². The fourth-order valence-electron chi connectivity index (χ4n) is 3.44. The van der Waals surface area contributed by atoms with Crippen molar-refractivity contribution in [2.75, 3.05) is 5.32 Å². The molecule has 0 bridgehead atoms. The Hall–Kier alpha value is -2.42. The molecule has 4 rings (SSSR count). The maximum atomic E-state index is 4.56. The highest BCUT2D eigenvalue weighted by Crippen LogP contribution is 2.33. The van der Waals surface area contributed by atoms with E-state index in [1.807, 2.05) is 30.5 Å². The zero-order chi connectivity index (χ0) is 15.5. The van der Waals surface area contributed by atoms with Gasteiger partial charge in [0.1, 0.15) is 0 Å². The smallest absolute Gasteiger partial charge is 0.227 e. The lowest BCUT2D eigenvalue weighted by atomic mass is 9.84. The fourth-order valence-corrected chi connectivity index (χ4v) is 3.44. The molecule has 3 heteroatoms. The minimum Gasteiger partial charge on any atom is -0.324 e. The second-order valence-corrected chi connectivity index (χ2v) is 6.33. The molecule has 1 heterocycles. The van der Waals surface area contributed by atoms with E-state index in [1.54, 1.807) is 0 Å². The van der Waals surface area contributed by atoms with Crippen LogP contribution in [0.15, 0.2) is 54.7 Å². The Bertz CT molecular complexity index is 789. The molecule has 23 heavy (non-hydrogen) atoms. The van der Waals surface area contributed by atoms with E-state index in [2.05, 4.69) is 39.6 Å². The number of para-hydroxylation sites is 1. The van der Waals surface area contributed by atoms with E-state index in [0.29, 0.717) is 5.95 Å². The first-order valence-corrected chi connectivity index (χ1v) is 8.47. The Morgan fingerprint density at radius 3 is 2.48 bits per heavy atom. The normalized spacial score (nSPS) is 15.7. The maximum absolute atomic E-state index is 4.56. The zero-order valence-electron chi connectivity index (χ0n) is 13.2. The SMILES string of the molecule is c1ccc2nc(Nc3ccc(C4CCCCC4)cc3)ncc2c1. The molecule has 1 aliphatic carbocycles. The summed E-state index contributed by atoms with van der Waals surface area (Å²) in [6, 6.07) is 16.8. The van der Waals surface area contributed by atoms with Crippen LogP contribution < -0.4 is 5.32 Å². The molecule has 116 valence electrons. The van der Waals surface area contributed by atoms with E-state index < -0.39 is 0 Å². The van der Waals surface area contributed by atoms with Gasteiger partial charge in [0.05, 0.1) is 5.52 Å². The van der Waals surface area contributed by atoms with Gasteiger partial charge in [-0.15, -0.1) is 0 Å². The van der Waals surface area contributed by atoms with E-state index in [4.69, 9.17) is 0 Å². The summed E-state index contributed by atoms with van der Waals surface area (Å²) in [6.07, 6.45) is 8.67. The van der Waals surface area contributed by atoms with Crippen LogP contribution in [0.1, 0.15) is 43.6 Å². The van der Waals surface area contributed by atoms with E-state index in [1.165, 1.54) is 37.7 Å². The van der Waals surface area contributed by atoms with Gasteiger partial charge >= 0.3 is 0 Å². The van der Waals surface area contributed by atoms with Crippen molar-refractivity contribution in [2.45, 2.75) is 38.0 Å². The van der Waals surface area contributed by atoms with E-state index in [9.17, 15) is 0 Å². The van der Waals surface area contributed by atoms with Gasteiger partial charge in [-0.1, -0.05) is 49.6 Å². The maximum Gasteiger partial charge on any atom is 0.227 e. The average molecular weight is 303 g/mol. The molecule has 1 saturated carbocycles.